The summed E-state index contributed by atoms with van der Waals surface area (Å²) in [6.07, 6.45) is 3.98. The van der Waals surface area contributed by atoms with Crippen LogP contribution in [0.1, 0.15) is 37.4 Å². The van der Waals surface area contributed by atoms with Crippen molar-refractivity contribution in [1.82, 2.24) is 9.88 Å². The van der Waals surface area contributed by atoms with E-state index in [0.717, 1.165) is 30.5 Å². The lowest BCUT2D eigenvalue weighted by Crippen LogP contribution is -2.58. The Bertz CT molecular complexity index is 632. The van der Waals surface area contributed by atoms with Crippen LogP contribution in [0.4, 0.5) is 10.6 Å². The van der Waals surface area contributed by atoms with Gasteiger partial charge in [0.25, 0.3) is 0 Å². The third kappa shape index (κ3) is 2.83. The lowest BCUT2D eigenvalue weighted by Gasteiger charge is -2.42. The Labute approximate surface area is 142 Å². The smallest absolute Gasteiger partial charge is 0.407 e. The van der Waals surface area contributed by atoms with Crippen LogP contribution in [0.15, 0.2) is 12.1 Å². The predicted molar refractivity (Wildman–Crippen MR) is 90.3 cm³/mol. The van der Waals surface area contributed by atoms with Gasteiger partial charge in [0.15, 0.2) is 0 Å². The van der Waals surface area contributed by atoms with E-state index in [2.05, 4.69) is 24.0 Å². The van der Waals surface area contributed by atoms with Crippen molar-refractivity contribution in [2.75, 3.05) is 24.6 Å². The molecule has 6 nitrogen and oxygen atoms in total. The minimum atomic E-state index is -0.824. The molecule has 0 aromatic carbocycles. The standard InChI is InChI=1S/C18H25N3O3/c1-12-8-20(18(22)23)9-16-7-14-5-6-15(19-17(14)21(12)16)11-24-10-13-3-2-4-13/h5-6,12-13,16H,2-4,7-11H2,1H3,(H,22,23)/t12-,16-/m1/s1. The van der Waals surface area contributed by atoms with Crippen LogP contribution in [0.25, 0.3) is 0 Å². The second-order valence-electron chi connectivity index (χ2n) is 7.40. The molecule has 1 aliphatic carbocycles. The van der Waals surface area contributed by atoms with E-state index in [1.165, 1.54) is 29.7 Å². The maximum Gasteiger partial charge on any atom is 0.407 e. The van der Waals surface area contributed by atoms with Gasteiger partial charge in [-0.1, -0.05) is 12.5 Å². The zero-order valence-corrected chi connectivity index (χ0v) is 14.1. The molecule has 1 aromatic rings. The van der Waals surface area contributed by atoms with Crippen molar-refractivity contribution in [3.63, 3.8) is 0 Å². The maximum absolute atomic E-state index is 11.3. The minimum Gasteiger partial charge on any atom is -0.465 e. The minimum absolute atomic E-state index is 0.153. The van der Waals surface area contributed by atoms with Crippen LogP contribution in [0, 0.1) is 5.92 Å². The molecular weight excluding hydrogens is 306 g/mol. The fourth-order valence-electron chi connectivity index (χ4n) is 4.11. The molecule has 1 saturated heterocycles. The second kappa shape index (κ2) is 6.24. The summed E-state index contributed by atoms with van der Waals surface area (Å²) in [6.45, 7) is 4.59. The molecule has 2 atom stereocenters. The molecule has 4 rings (SSSR count). The zero-order valence-electron chi connectivity index (χ0n) is 14.1. The first-order valence-corrected chi connectivity index (χ1v) is 8.94. The summed E-state index contributed by atoms with van der Waals surface area (Å²) in [7, 11) is 0. The molecule has 3 aliphatic rings. The Kier molecular flexibility index (Phi) is 4.08. The molecule has 130 valence electrons. The Morgan fingerprint density at radius 3 is 2.92 bits per heavy atom. The topological polar surface area (TPSA) is 65.9 Å². The number of rotatable bonds is 4. The summed E-state index contributed by atoms with van der Waals surface area (Å²) in [5.41, 5.74) is 2.20. The highest BCUT2D eigenvalue weighted by atomic mass is 16.5. The quantitative estimate of drug-likeness (QED) is 0.918. The number of anilines is 1. The Balaban J connectivity index is 1.45. The van der Waals surface area contributed by atoms with E-state index in [9.17, 15) is 9.90 Å². The maximum atomic E-state index is 11.3. The van der Waals surface area contributed by atoms with Gasteiger partial charge in [0.2, 0.25) is 0 Å². The van der Waals surface area contributed by atoms with Crippen molar-refractivity contribution in [3.05, 3.63) is 23.4 Å². The van der Waals surface area contributed by atoms with Crippen molar-refractivity contribution in [2.24, 2.45) is 5.92 Å². The van der Waals surface area contributed by atoms with Crippen molar-refractivity contribution < 1.29 is 14.6 Å². The molecule has 6 heteroatoms. The van der Waals surface area contributed by atoms with Gasteiger partial charge in [-0.3, -0.25) is 0 Å². The van der Waals surface area contributed by atoms with Crippen LogP contribution >= 0.6 is 0 Å². The third-order valence-electron chi connectivity index (χ3n) is 5.60. The molecule has 1 N–H and O–H groups in total. The van der Waals surface area contributed by atoms with Gasteiger partial charge in [0.05, 0.1) is 18.3 Å². The number of carbonyl (C=O) groups is 1. The SMILES string of the molecule is C[C@@H]1CN(C(=O)O)C[C@H]2Cc3ccc(COCC4CCC4)nc3N21. The molecule has 0 bridgehead atoms. The van der Waals surface area contributed by atoms with Gasteiger partial charge in [-0.2, -0.15) is 0 Å². The summed E-state index contributed by atoms with van der Waals surface area (Å²) in [5.74, 6) is 1.77. The number of fused-ring (bicyclic) bond motifs is 3. The van der Waals surface area contributed by atoms with E-state index < -0.39 is 6.09 Å². The Hall–Kier alpha value is -1.82. The fraction of sp³-hybridized carbons (Fsp3) is 0.667. The monoisotopic (exact) mass is 331 g/mol. The highest BCUT2D eigenvalue weighted by Crippen LogP contribution is 2.35. The average Bonchev–Trinajstić information content (AvgIpc) is 2.87. The highest BCUT2D eigenvalue weighted by molar-refractivity contribution is 5.67. The number of ether oxygens (including phenoxy) is 1. The lowest BCUT2D eigenvalue weighted by atomic mass is 9.86. The van der Waals surface area contributed by atoms with Crippen LogP contribution < -0.4 is 4.90 Å². The molecule has 1 aromatic heterocycles. The van der Waals surface area contributed by atoms with Gasteiger partial charge in [-0.15, -0.1) is 0 Å². The third-order valence-corrected chi connectivity index (χ3v) is 5.60. The number of amides is 1. The summed E-state index contributed by atoms with van der Waals surface area (Å²) in [6, 6.07) is 4.55. The van der Waals surface area contributed by atoms with Crippen molar-refractivity contribution in [3.8, 4) is 0 Å². The van der Waals surface area contributed by atoms with Crippen LogP contribution in [0.2, 0.25) is 0 Å². The second-order valence-corrected chi connectivity index (χ2v) is 7.40. The predicted octanol–water partition coefficient (Wildman–Crippen LogP) is 2.51. The van der Waals surface area contributed by atoms with Gasteiger partial charge < -0.3 is 19.6 Å². The number of pyridine rings is 1. The van der Waals surface area contributed by atoms with Gasteiger partial charge in [0, 0.05) is 25.7 Å². The summed E-state index contributed by atoms with van der Waals surface area (Å²) >= 11 is 0. The van der Waals surface area contributed by atoms with E-state index in [-0.39, 0.29) is 12.1 Å². The fourth-order valence-corrected chi connectivity index (χ4v) is 4.11. The molecule has 2 aliphatic heterocycles. The number of carboxylic acid groups (broad SMARTS) is 1. The summed E-state index contributed by atoms with van der Waals surface area (Å²) < 4.78 is 5.83. The molecule has 0 spiro atoms. The van der Waals surface area contributed by atoms with Gasteiger partial charge in [-0.25, -0.2) is 9.78 Å². The van der Waals surface area contributed by atoms with E-state index >= 15 is 0 Å². The molecule has 0 unspecified atom stereocenters. The number of nitrogens with zero attached hydrogens (tertiary/aromatic N) is 3. The van der Waals surface area contributed by atoms with E-state index in [4.69, 9.17) is 9.72 Å². The van der Waals surface area contributed by atoms with E-state index in [1.54, 1.807) is 0 Å². The number of hydrogen-bond acceptors (Lipinski definition) is 4. The van der Waals surface area contributed by atoms with E-state index in [0.29, 0.717) is 19.7 Å². The van der Waals surface area contributed by atoms with Gasteiger partial charge in [0.1, 0.15) is 5.82 Å². The van der Waals surface area contributed by atoms with Crippen LogP contribution in [0.3, 0.4) is 0 Å². The highest BCUT2D eigenvalue weighted by Gasteiger charge is 2.40. The molecule has 2 fully saturated rings. The molecular formula is C18H25N3O3. The molecule has 3 heterocycles. The van der Waals surface area contributed by atoms with Crippen molar-refractivity contribution in [1.29, 1.82) is 0 Å². The normalized spacial score (nSPS) is 26.0. The number of piperazine rings is 1. The largest absolute Gasteiger partial charge is 0.465 e. The summed E-state index contributed by atoms with van der Waals surface area (Å²) in [5, 5.41) is 9.28. The first kappa shape index (κ1) is 15.7. The zero-order chi connectivity index (χ0) is 16.7. The Morgan fingerprint density at radius 2 is 2.21 bits per heavy atom. The van der Waals surface area contributed by atoms with Crippen LogP contribution in [-0.4, -0.2) is 52.9 Å². The Morgan fingerprint density at radius 1 is 1.38 bits per heavy atom. The first-order chi connectivity index (χ1) is 11.6. The van der Waals surface area contributed by atoms with Crippen LogP contribution in [0.5, 0.6) is 0 Å². The van der Waals surface area contributed by atoms with Crippen molar-refractivity contribution >= 4 is 11.9 Å². The molecule has 1 saturated carbocycles. The van der Waals surface area contributed by atoms with Gasteiger partial charge in [-0.05, 0) is 43.7 Å². The molecule has 24 heavy (non-hydrogen) atoms. The van der Waals surface area contributed by atoms with Gasteiger partial charge >= 0.3 is 6.09 Å². The number of hydrogen-bond donors (Lipinski definition) is 1. The van der Waals surface area contributed by atoms with Crippen LogP contribution in [-0.2, 0) is 17.8 Å². The summed E-state index contributed by atoms with van der Waals surface area (Å²) in [4.78, 5) is 20.0. The van der Waals surface area contributed by atoms with Crippen molar-refractivity contribution in [2.45, 2.75) is 51.3 Å². The lowest BCUT2D eigenvalue weighted by molar-refractivity contribution is 0.0579. The number of aromatic nitrogens is 1. The molecule has 0 radical (unpaired) electrons. The van der Waals surface area contributed by atoms with E-state index in [1.807, 2.05) is 0 Å². The molecule has 1 amide bonds. The first-order valence-electron chi connectivity index (χ1n) is 8.94. The average molecular weight is 331 g/mol.